The number of hydrogen-bond acceptors (Lipinski definition) is 3. The van der Waals surface area contributed by atoms with Gasteiger partial charge in [-0.15, -0.1) is 11.3 Å². The highest BCUT2D eigenvalue weighted by Crippen LogP contribution is 2.27. The average molecular weight is 339 g/mol. The van der Waals surface area contributed by atoms with Crippen molar-refractivity contribution < 1.29 is 9.18 Å². The molecule has 3 rings (SSSR count). The van der Waals surface area contributed by atoms with Crippen molar-refractivity contribution in [3.05, 3.63) is 49.7 Å². The summed E-state index contributed by atoms with van der Waals surface area (Å²) in [6, 6.07) is 2.83. The predicted molar refractivity (Wildman–Crippen MR) is 86.3 cm³/mol. The summed E-state index contributed by atoms with van der Waals surface area (Å²) in [6.07, 6.45) is 4.02. The van der Waals surface area contributed by atoms with E-state index in [2.05, 4.69) is 10.3 Å². The number of halogens is 2. The maximum Gasteiger partial charge on any atom is 0.255 e. The Bertz CT molecular complexity index is 708. The number of aromatic nitrogens is 1. The molecule has 22 heavy (non-hydrogen) atoms. The highest BCUT2D eigenvalue weighted by Gasteiger charge is 2.19. The van der Waals surface area contributed by atoms with Gasteiger partial charge in [-0.1, -0.05) is 17.7 Å². The number of nitrogens with one attached hydrogen (secondary N) is 1. The zero-order chi connectivity index (χ0) is 15.7. The Balaban J connectivity index is 1.62. The molecule has 1 aliphatic rings. The summed E-state index contributed by atoms with van der Waals surface area (Å²) >= 11 is 7.74. The molecule has 1 amide bonds. The summed E-state index contributed by atoms with van der Waals surface area (Å²) in [6.45, 7) is 2.17. The Morgan fingerprint density at radius 1 is 1.45 bits per heavy atom. The van der Waals surface area contributed by atoms with Gasteiger partial charge in [0.1, 0.15) is 5.82 Å². The third kappa shape index (κ3) is 3.01. The van der Waals surface area contributed by atoms with Crippen LogP contribution in [0.3, 0.4) is 0 Å². The maximum atomic E-state index is 13.8. The van der Waals surface area contributed by atoms with Crippen LogP contribution in [0.5, 0.6) is 0 Å². The minimum absolute atomic E-state index is 0.0803. The second kappa shape index (κ2) is 6.34. The number of hydrogen-bond donors (Lipinski definition) is 1. The molecule has 0 aliphatic heterocycles. The lowest BCUT2D eigenvalue weighted by Crippen LogP contribution is -2.27. The molecule has 0 bridgehead atoms. The third-order valence-electron chi connectivity index (χ3n) is 3.78. The van der Waals surface area contributed by atoms with Gasteiger partial charge in [0, 0.05) is 17.8 Å². The summed E-state index contributed by atoms with van der Waals surface area (Å²) in [5.74, 6) is -1.07. The number of nitrogens with zero attached hydrogens (tertiary/aromatic N) is 1. The molecule has 3 nitrogen and oxygen atoms in total. The van der Waals surface area contributed by atoms with Gasteiger partial charge in [0.2, 0.25) is 0 Å². The largest absolute Gasteiger partial charge is 0.351 e. The number of carbonyl (C=O) groups excluding carboxylic acids is 1. The Kier molecular flexibility index (Phi) is 4.45. The van der Waals surface area contributed by atoms with E-state index < -0.39 is 11.7 Å². The van der Waals surface area contributed by atoms with Crippen molar-refractivity contribution in [2.24, 2.45) is 0 Å². The number of amides is 1. The zero-order valence-corrected chi connectivity index (χ0v) is 13.8. The number of carbonyl (C=O) groups is 1. The van der Waals surface area contributed by atoms with Crippen LogP contribution >= 0.6 is 22.9 Å². The van der Waals surface area contributed by atoms with Crippen molar-refractivity contribution in [2.45, 2.75) is 32.6 Å². The van der Waals surface area contributed by atoms with Crippen LogP contribution in [0.15, 0.2) is 12.1 Å². The first-order valence-electron chi connectivity index (χ1n) is 7.26. The average Bonchev–Trinajstić information content (AvgIpc) is 3.04. The molecule has 0 spiro atoms. The van der Waals surface area contributed by atoms with Crippen LogP contribution in [0.2, 0.25) is 5.02 Å². The summed E-state index contributed by atoms with van der Waals surface area (Å²) < 4.78 is 13.8. The first kappa shape index (κ1) is 15.4. The third-order valence-corrected chi connectivity index (χ3v) is 5.48. The first-order chi connectivity index (χ1) is 10.6. The molecule has 0 radical (unpaired) electrons. The lowest BCUT2D eigenvalue weighted by molar-refractivity contribution is 0.0950. The van der Waals surface area contributed by atoms with Crippen LogP contribution in [0.4, 0.5) is 4.39 Å². The van der Waals surface area contributed by atoms with Crippen LogP contribution in [0, 0.1) is 12.7 Å². The van der Waals surface area contributed by atoms with E-state index in [0.717, 1.165) is 17.8 Å². The molecule has 1 aromatic carbocycles. The van der Waals surface area contributed by atoms with Crippen molar-refractivity contribution >= 4 is 28.8 Å². The maximum absolute atomic E-state index is 13.8. The standard InChI is InChI=1S/C16H16ClFN2OS/c1-9-5-6-10(18)14(15(9)17)16(21)19-8-7-13-20-11-3-2-4-12(11)22-13/h5-6H,2-4,7-8H2,1H3,(H,19,21). The number of benzene rings is 1. The van der Waals surface area contributed by atoms with Crippen LogP contribution in [-0.4, -0.2) is 17.4 Å². The second-order valence-corrected chi connectivity index (χ2v) is 6.94. The molecule has 1 heterocycles. The molecule has 1 N–H and O–H groups in total. The summed E-state index contributed by atoms with van der Waals surface area (Å²) in [5, 5.41) is 3.92. The van der Waals surface area contributed by atoms with Gasteiger partial charge in [0.15, 0.2) is 0 Å². The molecule has 0 saturated carbocycles. The summed E-state index contributed by atoms with van der Waals surface area (Å²) in [5.41, 5.74) is 1.81. The number of aryl methyl sites for hydroxylation is 3. The van der Waals surface area contributed by atoms with Crippen molar-refractivity contribution in [1.82, 2.24) is 10.3 Å². The predicted octanol–water partition coefficient (Wildman–Crippen LogP) is 3.71. The molecule has 0 atom stereocenters. The van der Waals surface area contributed by atoms with E-state index in [1.54, 1.807) is 24.3 Å². The molecule has 1 aliphatic carbocycles. The van der Waals surface area contributed by atoms with Gasteiger partial charge >= 0.3 is 0 Å². The van der Waals surface area contributed by atoms with Gasteiger partial charge in [0.25, 0.3) is 5.91 Å². The fraction of sp³-hybridized carbons (Fsp3) is 0.375. The first-order valence-corrected chi connectivity index (χ1v) is 8.46. The van der Waals surface area contributed by atoms with Crippen molar-refractivity contribution in [3.63, 3.8) is 0 Å². The zero-order valence-electron chi connectivity index (χ0n) is 12.2. The summed E-state index contributed by atoms with van der Waals surface area (Å²) in [7, 11) is 0. The SMILES string of the molecule is Cc1ccc(F)c(C(=O)NCCc2nc3c(s2)CCC3)c1Cl. The van der Waals surface area contributed by atoms with Gasteiger partial charge in [-0.25, -0.2) is 9.37 Å². The van der Waals surface area contributed by atoms with E-state index in [1.807, 2.05) is 0 Å². The Morgan fingerprint density at radius 3 is 3.05 bits per heavy atom. The lowest BCUT2D eigenvalue weighted by atomic mass is 10.1. The molecular formula is C16H16ClFN2OS. The van der Waals surface area contributed by atoms with Gasteiger partial charge in [-0.3, -0.25) is 4.79 Å². The van der Waals surface area contributed by atoms with Crippen LogP contribution < -0.4 is 5.32 Å². The number of fused-ring (bicyclic) bond motifs is 1. The molecule has 2 aromatic rings. The van der Waals surface area contributed by atoms with E-state index in [1.165, 1.54) is 23.1 Å². The van der Waals surface area contributed by atoms with Gasteiger partial charge < -0.3 is 5.32 Å². The van der Waals surface area contributed by atoms with E-state index in [0.29, 0.717) is 18.5 Å². The highest BCUT2D eigenvalue weighted by atomic mass is 35.5. The minimum Gasteiger partial charge on any atom is -0.351 e. The molecule has 0 fully saturated rings. The van der Waals surface area contributed by atoms with Crippen molar-refractivity contribution in [3.8, 4) is 0 Å². The molecule has 116 valence electrons. The monoisotopic (exact) mass is 338 g/mol. The van der Waals surface area contributed by atoms with E-state index in [4.69, 9.17) is 11.6 Å². The molecule has 0 saturated heterocycles. The minimum atomic E-state index is -0.596. The lowest BCUT2D eigenvalue weighted by Gasteiger charge is -2.09. The van der Waals surface area contributed by atoms with E-state index >= 15 is 0 Å². The van der Waals surface area contributed by atoms with Crippen molar-refractivity contribution in [2.75, 3.05) is 6.54 Å². The smallest absolute Gasteiger partial charge is 0.255 e. The molecule has 1 aromatic heterocycles. The quantitative estimate of drug-likeness (QED) is 0.923. The van der Waals surface area contributed by atoms with Gasteiger partial charge in [-0.05, 0) is 37.8 Å². The molecule has 0 unspecified atom stereocenters. The Morgan fingerprint density at radius 2 is 2.27 bits per heavy atom. The van der Waals surface area contributed by atoms with Crippen LogP contribution in [0.1, 0.15) is 37.9 Å². The van der Waals surface area contributed by atoms with E-state index in [-0.39, 0.29) is 10.6 Å². The normalized spacial score (nSPS) is 13.2. The van der Waals surface area contributed by atoms with Gasteiger partial charge in [0.05, 0.1) is 21.3 Å². The van der Waals surface area contributed by atoms with Crippen LogP contribution in [0.25, 0.3) is 0 Å². The summed E-state index contributed by atoms with van der Waals surface area (Å²) in [4.78, 5) is 18.1. The number of rotatable bonds is 4. The Labute approximate surface area is 137 Å². The van der Waals surface area contributed by atoms with E-state index in [9.17, 15) is 9.18 Å². The Hall–Kier alpha value is -1.46. The number of thiazole rings is 1. The second-order valence-electron chi connectivity index (χ2n) is 5.39. The fourth-order valence-electron chi connectivity index (χ4n) is 2.59. The van der Waals surface area contributed by atoms with Gasteiger partial charge in [-0.2, -0.15) is 0 Å². The highest BCUT2D eigenvalue weighted by molar-refractivity contribution is 7.11. The van der Waals surface area contributed by atoms with Crippen molar-refractivity contribution in [1.29, 1.82) is 0 Å². The van der Waals surface area contributed by atoms with Crippen LogP contribution in [-0.2, 0) is 19.3 Å². The topological polar surface area (TPSA) is 42.0 Å². The molecule has 6 heteroatoms. The molecular weight excluding hydrogens is 323 g/mol. The fourth-order valence-corrected chi connectivity index (χ4v) is 3.98.